The minimum absolute atomic E-state index is 0.200. The van der Waals surface area contributed by atoms with E-state index in [0.29, 0.717) is 26.1 Å². The molecule has 1 aromatic carbocycles. The zero-order valence-electron chi connectivity index (χ0n) is 17.0. The fraction of sp³-hybridized carbons (Fsp3) is 0.417. The predicted molar refractivity (Wildman–Crippen MR) is 115 cm³/mol. The Balaban J connectivity index is 1.87. The largest absolute Gasteiger partial charge is 0.502 e. The highest BCUT2D eigenvalue weighted by molar-refractivity contribution is 5.94. The lowest BCUT2D eigenvalue weighted by molar-refractivity contribution is 0.0948. The van der Waals surface area contributed by atoms with Gasteiger partial charge in [0.2, 0.25) is 0 Å². The smallest absolute Gasteiger partial charge is 0.263 e. The highest BCUT2D eigenvalue weighted by Gasteiger charge is 2.20. The average Bonchev–Trinajstić information content (AvgIpc) is 2.72. The summed E-state index contributed by atoms with van der Waals surface area (Å²) in [7, 11) is 0. The molecule has 1 amide bonds. The van der Waals surface area contributed by atoms with E-state index in [1.54, 1.807) is 0 Å². The summed E-state index contributed by atoms with van der Waals surface area (Å²) in [6.45, 7) is 5.02. The lowest BCUT2D eigenvalue weighted by Crippen LogP contribution is -2.35. The number of hydrogen-bond acceptors (Lipinski definition) is 3. The Kier molecular flexibility index (Phi) is 7.68. The van der Waals surface area contributed by atoms with E-state index in [2.05, 4.69) is 11.9 Å². The molecule has 29 heavy (non-hydrogen) atoms. The van der Waals surface area contributed by atoms with Crippen molar-refractivity contribution in [3.8, 4) is 0 Å². The van der Waals surface area contributed by atoms with Gasteiger partial charge in [0.25, 0.3) is 11.5 Å². The second-order valence-corrected chi connectivity index (χ2v) is 7.46. The molecule has 1 aliphatic rings. The Morgan fingerprint density at radius 1 is 1.14 bits per heavy atom. The molecule has 1 heterocycles. The van der Waals surface area contributed by atoms with Crippen LogP contribution in [-0.2, 0) is 30.7 Å². The molecule has 1 aliphatic carbocycles. The maximum Gasteiger partial charge on any atom is 0.263 e. The van der Waals surface area contributed by atoms with Crippen LogP contribution in [0.2, 0.25) is 0 Å². The molecule has 0 bridgehead atoms. The highest BCUT2D eigenvalue weighted by atomic mass is 16.5. The molecule has 5 nitrogen and oxygen atoms in total. The van der Waals surface area contributed by atoms with Crippen LogP contribution < -0.4 is 10.9 Å². The third-order valence-electron chi connectivity index (χ3n) is 5.40. The van der Waals surface area contributed by atoms with Gasteiger partial charge in [0.1, 0.15) is 5.56 Å². The van der Waals surface area contributed by atoms with Crippen molar-refractivity contribution in [3.63, 3.8) is 0 Å². The molecule has 0 unspecified atom stereocenters. The number of rotatable bonds is 8. The van der Waals surface area contributed by atoms with Crippen molar-refractivity contribution < 1.29 is 9.53 Å². The fourth-order valence-electron chi connectivity index (χ4n) is 3.90. The van der Waals surface area contributed by atoms with Gasteiger partial charge in [-0.05, 0) is 49.3 Å². The van der Waals surface area contributed by atoms with E-state index < -0.39 is 0 Å². The molecule has 0 atom stereocenters. The van der Waals surface area contributed by atoms with E-state index in [9.17, 15) is 9.59 Å². The summed E-state index contributed by atoms with van der Waals surface area (Å²) < 4.78 is 7.03. The van der Waals surface area contributed by atoms with Gasteiger partial charge in [-0.2, -0.15) is 0 Å². The van der Waals surface area contributed by atoms with Crippen molar-refractivity contribution in [3.05, 3.63) is 82.0 Å². The first kappa shape index (κ1) is 20.9. The van der Waals surface area contributed by atoms with E-state index >= 15 is 0 Å². The molecule has 0 aliphatic heterocycles. The van der Waals surface area contributed by atoms with Crippen molar-refractivity contribution in [1.82, 2.24) is 9.88 Å². The van der Waals surface area contributed by atoms with E-state index in [1.807, 2.05) is 41.0 Å². The number of nitrogens with one attached hydrogen (secondary N) is 1. The van der Waals surface area contributed by atoms with Crippen LogP contribution in [-0.4, -0.2) is 17.1 Å². The SMILES string of the molecule is C=COCCCn1c2c(cc(C(=O)NCc3ccccc3)c1=O)CCCCCC2. The minimum atomic E-state index is -0.306. The van der Waals surface area contributed by atoms with Crippen molar-refractivity contribution in [1.29, 1.82) is 0 Å². The van der Waals surface area contributed by atoms with Gasteiger partial charge in [0.05, 0.1) is 12.9 Å². The van der Waals surface area contributed by atoms with Gasteiger partial charge in [0, 0.05) is 18.8 Å². The standard InChI is InChI=1S/C24H30N2O3/c1-2-29-16-10-15-26-22-14-9-4-3-8-13-20(22)17-21(24(26)28)23(27)25-18-19-11-6-5-7-12-19/h2,5-7,11-12,17H,1,3-4,8-10,13-16,18H2,(H,25,27). The number of carbonyl (C=O) groups is 1. The number of carbonyl (C=O) groups excluding carboxylic acids is 1. The van der Waals surface area contributed by atoms with Gasteiger partial charge < -0.3 is 14.6 Å². The summed E-state index contributed by atoms with van der Waals surface area (Å²) in [5.41, 5.74) is 3.28. The molecule has 0 saturated carbocycles. The molecule has 1 aromatic heterocycles. The first-order valence-electron chi connectivity index (χ1n) is 10.5. The Labute approximate surface area is 172 Å². The van der Waals surface area contributed by atoms with Gasteiger partial charge in [-0.25, -0.2) is 0 Å². The zero-order chi connectivity index (χ0) is 20.5. The lowest BCUT2D eigenvalue weighted by atomic mass is 9.95. The molecule has 0 fully saturated rings. The van der Waals surface area contributed by atoms with Crippen LogP contribution in [0.5, 0.6) is 0 Å². The number of hydrogen-bond donors (Lipinski definition) is 1. The molecule has 1 N–H and O–H groups in total. The molecule has 5 heteroatoms. The molecule has 154 valence electrons. The quantitative estimate of drug-likeness (QED) is 0.544. The third-order valence-corrected chi connectivity index (χ3v) is 5.40. The highest BCUT2D eigenvalue weighted by Crippen LogP contribution is 2.20. The van der Waals surface area contributed by atoms with Crippen LogP contribution in [0.4, 0.5) is 0 Å². The topological polar surface area (TPSA) is 60.3 Å². The monoisotopic (exact) mass is 394 g/mol. The first-order chi connectivity index (χ1) is 14.2. The van der Waals surface area contributed by atoms with Crippen molar-refractivity contribution in [2.45, 2.75) is 58.0 Å². The van der Waals surface area contributed by atoms with E-state index in [1.165, 1.54) is 19.1 Å². The number of nitrogens with zero attached hydrogens (tertiary/aromatic N) is 1. The number of aryl methyl sites for hydroxylation is 1. The van der Waals surface area contributed by atoms with Crippen LogP contribution in [0, 0.1) is 0 Å². The van der Waals surface area contributed by atoms with Crippen LogP contribution in [0.25, 0.3) is 0 Å². The van der Waals surface area contributed by atoms with Gasteiger partial charge in [-0.15, -0.1) is 0 Å². The summed E-state index contributed by atoms with van der Waals surface area (Å²) in [6.07, 6.45) is 8.48. The van der Waals surface area contributed by atoms with Crippen molar-refractivity contribution in [2.75, 3.05) is 6.61 Å². The van der Waals surface area contributed by atoms with E-state index in [-0.39, 0.29) is 17.0 Å². The summed E-state index contributed by atoms with van der Waals surface area (Å²) in [4.78, 5) is 26.0. The number of ether oxygens (including phenoxy) is 1. The summed E-state index contributed by atoms with van der Waals surface area (Å²) >= 11 is 0. The van der Waals surface area contributed by atoms with Crippen LogP contribution in [0.15, 0.2) is 54.0 Å². The maximum absolute atomic E-state index is 13.2. The molecule has 0 spiro atoms. The van der Waals surface area contributed by atoms with Crippen molar-refractivity contribution >= 4 is 5.91 Å². The van der Waals surface area contributed by atoms with Crippen molar-refractivity contribution in [2.24, 2.45) is 0 Å². The Hall–Kier alpha value is -2.82. The van der Waals surface area contributed by atoms with Crippen LogP contribution in [0.1, 0.15) is 59.3 Å². The average molecular weight is 395 g/mol. The molecular formula is C24H30N2O3. The van der Waals surface area contributed by atoms with Gasteiger partial charge in [-0.1, -0.05) is 49.8 Å². The first-order valence-corrected chi connectivity index (χ1v) is 10.5. The van der Waals surface area contributed by atoms with E-state index in [4.69, 9.17) is 4.74 Å². The molecule has 2 aromatic rings. The zero-order valence-corrected chi connectivity index (χ0v) is 17.0. The van der Waals surface area contributed by atoms with Crippen LogP contribution >= 0.6 is 0 Å². The Morgan fingerprint density at radius 2 is 1.90 bits per heavy atom. The maximum atomic E-state index is 13.2. The molecule has 0 radical (unpaired) electrons. The summed E-state index contributed by atoms with van der Waals surface area (Å²) in [6, 6.07) is 11.6. The minimum Gasteiger partial charge on any atom is -0.502 e. The Bertz CT molecular complexity index is 887. The molecule has 3 rings (SSSR count). The third kappa shape index (κ3) is 5.59. The summed E-state index contributed by atoms with van der Waals surface area (Å²) in [5, 5.41) is 2.90. The second kappa shape index (κ2) is 10.6. The number of amides is 1. The second-order valence-electron chi connectivity index (χ2n) is 7.46. The number of aromatic nitrogens is 1. The van der Waals surface area contributed by atoms with Gasteiger partial charge in [-0.3, -0.25) is 9.59 Å². The number of pyridine rings is 1. The summed E-state index contributed by atoms with van der Waals surface area (Å²) in [5.74, 6) is -0.306. The Morgan fingerprint density at radius 3 is 2.66 bits per heavy atom. The van der Waals surface area contributed by atoms with E-state index in [0.717, 1.165) is 42.5 Å². The fourth-order valence-corrected chi connectivity index (χ4v) is 3.90. The van der Waals surface area contributed by atoms with Gasteiger partial charge >= 0.3 is 0 Å². The number of benzene rings is 1. The predicted octanol–water partition coefficient (Wildman–Crippen LogP) is 3.99. The molecular weight excluding hydrogens is 364 g/mol. The van der Waals surface area contributed by atoms with Gasteiger partial charge in [0.15, 0.2) is 0 Å². The number of fused-ring (bicyclic) bond motifs is 1. The lowest BCUT2D eigenvalue weighted by Gasteiger charge is -2.21. The van der Waals surface area contributed by atoms with Crippen LogP contribution in [0.3, 0.4) is 0 Å². The molecule has 0 saturated heterocycles. The normalized spacial score (nSPS) is 13.7.